The lowest BCUT2D eigenvalue weighted by atomic mass is 9.85. The van der Waals surface area contributed by atoms with Crippen molar-refractivity contribution in [3.05, 3.63) is 164 Å². The number of para-hydroxylation sites is 3. The molecule has 1 aliphatic rings. The highest BCUT2D eigenvalue weighted by atomic mass is 16.3. The molecule has 0 amide bonds. The zero-order valence-electron chi connectivity index (χ0n) is 28.0. The summed E-state index contributed by atoms with van der Waals surface area (Å²) in [5.74, 6) is 1.06. The van der Waals surface area contributed by atoms with Gasteiger partial charge in [-0.2, -0.15) is 0 Å². The first-order chi connectivity index (χ1) is 25.3. The number of furan rings is 1. The molecule has 4 heteroatoms. The molecular formula is C47H31N3O. The van der Waals surface area contributed by atoms with Gasteiger partial charge in [-0.25, -0.2) is 4.98 Å². The number of hydrogen-bond acceptors (Lipinski definition) is 3. The van der Waals surface area contributed by atoms with Crippen LogP contribution in [0, 0.1) is 0 Å². The molecule has 0 saturated heterocycles. The number of benzene rings is 8. The Morgan fingerprint density at radius 1 is 0.490 bits per heavy atom. The van der Waals surface area contributed by atoms with Gasteiger partial charge in [-0.3, -0.25) is 4.57 Å². The highest BCUT2D eigenvalue weighted by Crippen LogP contribution is 2.50. The SMILES string of the molecule is CCc1nc2cccc3c2n1-c1cc(-c2c4ccccc4c(-c4ccc5c(c4)oc4ccccc45)c4ccccc24)ccc1N3c1ccccc1. The fourth-order valence-corrected chi connectivity index (χ4v) is 8.50. The topological polar surface area (TPSA) is 34.2 Å². The van der Waals surface area contributed by atoms with Crippen LogP contribution in [0.4, 0.5) is 17.1 Å². The van der Waals surface area contributed by atoms with E-state index in [9.17, 15) is 0 Å². The number of nitrogens with zero attached hydrogens (tertiary/aromatic N) is 3. The van der Waals surface area contributed by atoms with Crippen molar-refractivity contribution < 1.29 is 4.42 Å². The second-order valence-corrected chi connectivity index (χ2v) is 13.4. The molecule has 0 spiro atoms. The maximum Gasteiger partial charge on any atom is 0.136 e. The van der Waals surface area contributed by atoms with E-state index in [1.54, 1.807) is 0 Å². The van der Waals surface area contributed by atoms with Crippen LogP contribution < -0.4 is 4.90 Å². The minimum absolute atomic E-state index is 0.833. The van der Waals surface area contributed by atoms with Crippen LogP contribution in [-0.2, 0) is 6.42 Å². The summed E-state index contributed by atoms with van der Waals surface area (Å²) in [6.07, 6.45) is 0.833. The molecule has 4 nitrogen and oxygen atoms in total. The zero-order chi connectivity index (χ0) is 33.6. The first-order valence-electron chi connectivity index (χ1n) is 17.6. The third kappa shape index (κ3) is 3.99. The maximum absolute atomic E-state index is 6.37. The van der Waals surface area contributed by atoms with Gasteiger partial charge in [-0.1, -0.05) is 110 Å². The van der Waals surface area contributed by atoms with E-state index in [0.717, 1.165) is 73.5 Å². The quantitative estimate of drug-likeness (QED) is 0.177. The minimum Gasteiger partial charge on any atom is -0.456 e. The third-order valence-electron chi connectivity index (χ3n) is 10.6. The van der Waals surface area contributed by atoms with Crippen molar-refractivity contribution in [2.45, 2.75) is 13.3 Å². The molecule has 51 heavy (non-hydrogen) atoms. The van der Waals surface area contributed by atoms with Crippen LogP contribution in [0.3, 0.4) is 0 Å². The molecule has 0 N–H and O–H groups in total. The molecule has 0 atom stereocenters. The van der Waals surface area contributed by atoms with Crippen molar-refractivity contribution in [3.8, 4) is 27.9 Å². The Kier molecular flexibility index (Phi) is 5.90. The first kappa shape index (κ1) is 28.2. The van der Waals surface area contributed by atoms with Crippen molar-refractivity contribution in [2.75, 3.05) is 4.90 Å². The highest BCUT2D eigenvalue weighted by molar-refractivity contribution is 6.22. The number of hydrogen-bond donors (Lipinski definition) is 0. The van der Waals surface area contributed by atoms with Gasteiger partial charge < -0.3 is 9.32 Å². The largest absolute Gasteiger partial charge is 0.456 e. The minimum atomic E-state index is 0.833. The molecule has 2 aromatic heterocycles. The molecule has 0 fully saturated rings. The lowest BCUT2D eigenvalue weighted by molar-refractivity contribution is 0.669. The summed E-state index contributed by atoms with van der Waals surface area (Å²) in [5.41, 5.74) is 13.3. The molecule has 240 valence electrons. The van der Waals surface area contributed by atoms with Crippen LogP contribution in [0.1, 0.15) is 12.7 Å². The lowest BCUT2D eigenvalue weighted by Gasteiger charge is -2.33. The molecule has 0 saturated carbocycles. The standard InChI is InChI=1S/C47H31N3O/c1-2-44-48-38-20-12-21-40-47(38)50(44)41-27-29(24-26-39(41)49(40)31-13-4-3-5-14-31)45-34-16-6-8-18-36(34)46(37-19-9-7-17-35(37)45)30-23-25-33-32-15-10-11-22-42(32)51-43(33)28-30/h3-28H,2H2,1H3. The number of rotatable bonds is 4. The number of anilines is 3. The number of fused-ring (bicyclic) bond motifs is 7. The van der Waals surface area contributed by atoms with Crippen LogP contribution >= 0.6 is 0 Å². The smallest absolute Gasteiger partial charge is 0.136 e. The molecule has 11 rings (SSSR count). The fraction of sp³-hybridized carbons (Fsp3) is 0.0426. The van der Waals surface area contributed by atoms with Crippen molar-refractivity contribution >= 4 is 71.6 Å². The van der Waals surface area contributed by atoms with E-state index in [0.29, 0.717) is 0 Å². The number of aromatic nitrogens is 2. The van der Waals surface area contributed by atoms with Gasteiger partial charge >= 0.3 is 0 Å². The van der Waals surface area contributed by atoms with Gasteiger partial charge in [0.25, 0.3) is 0 Å². The van der Waals surface area contributed by atoms with E-state index >= 15 is 0 Å². The van der Waals surface area contributed by atoms with Gasteiger partial charge in [0.05, 0.1) is 28.1 Å². The average molecular weight is 654 g/mol. The van der Waals surface area contributed by atoms with E-state index < -0.39 is 0 Å². The lowest BCUT2D eigenvalue weighted by Crippen LogP contribution is -2.19. The molecule has 0 aliphatic carbocycles. The summed E-state index contributed by atoms with van der Waals surface area (Å²) in [4.78, 5) is 7.53. The fourth-order valence-electron chi connectivity index (χ4n) is 8.50. The van der Waals surface area contributed by atoms with Crippen LogP contribution in [0.2, 0.25) is 0 Å². The van der Waals surface area contributed by atoms with Crippen LogP contribution in [0.25, 0.3) is 82.5 Å². The highest BCUT2D eigenvalue weighted by Gasteiger charge is 2.29. The number of aryl methyl sites for hydroxylation is 1. The van der Waals surface area contributed by atoms with Gasteiger partial charge in [-0.15, -0.1) is 0 Å². The second-order valence-electron chi connectivity index (χ2n) is 13.4. The summed E-state index contributed by atoms with van der Waals surface area (Å²) >= 11 is 0. The van der Waals surface area contributed by atoms with Gasteiger partial charge in [0.15, 0.2) is 0 Å². The van der Waals surface area contributed by atoms with E-state index in [1.165, 1.54) is 38.2 Å². The van der Waals surface area contributed by atoms with Gasteiger partial charge in [0.1, 0.15) is 17.0 Å². The first-order valence-corrected chi connectivity index (χ1v) is 17.6. The van der Waals surface area contributed by atoms with E-state index in [2.05, 4.69) is 162 Å². The predicted molar refractivity (Wildman–Crippen MR) is 212 cm³/mol. The van der Waals surface area contributed by atoms with Gasteiger partial charge in [0, 0.05) is 22.9 Å². The predicted octanol–water partition coefficient (Wildman–Crippen LogP) is 12.9. The summed E-state index contributed by atoms with van der Waals surface area (Å²) in [5, 5.41) is 7.16. The van der Waals surface area contributed by atoms with Crippen LogP contribution in [-0.4, -0.2) is 9.55 Å². The molecule has 0 radical (unpaired) electrons. The molecule has 0 bridgehead atoms. The Morgan fingerprint density at radius 2 is 1.10 bits per heavy atom. The van der Waals surface area contributed by atoms with Crippen molar-refractivity contribution in [3.63, 3.8) is 0 Å². The van der Waals surface area contributed by atoms with E-state index in [-0.39, 0.29) is 0 Å². The normalized spacial score (nSPS) is 12.5. The molecule has 10 aromatic rings. The van der Waals surface area contributed by atoms with Crippen molar-refractivity contribution in [2.24, 2.45) is 0 Å². The van der Waals surface area contributed by atoms with Gasteiger partial charge in [-0.05, 0) is 98.4 Å². The molecule has 8 aromatic carbocycles. The number of imidazole rings is 1. The molecule has 0 unspecified atom stereocenters. The van der Waals surface area contributed by atoms with Crippen LogP contribution in [0.5, 0.6) is 0 Å². The van der Waals surface area contributed by atoms with E-state index in [1.807, 2.05) is 12.1 Å². The monoisotopic (exact) mass is 653 g/mol. The second kappa shape index (κ2) is 10.7. The Bertz CT molecular complexity index is 2970. The Morgan fingerprint density at radius 3 is 1.80 bits per heavy atom. The third-order valence-corrected chi connectivity index (χ3v) is 10.6. The van der Waals surface area contributed by atoms with Crippen molar-refractivity contribution in [1.29, 1.82) is 0 Å². The maximum atomic E-state index is 6.37. The Labute approximate surface area is 294 Å². The van der Waals surface area contributed by atoms with Crippen LogP contribution in [0.15, 0.2) is 162 Å². The Balaban J connectivity index is 1.19. The molecular weight excluding hydrogens is 623 g/mol. The Hall–Kier alpha value is -6.65. The summed E-state index contributed by atoms with van der Waals surface area (Å²) in [6, 6.07) is 56.8. The zero-order valence-corrected chi connectivity index (χ0v) is 28.0. The summed E-state index contributed by atoms with van der Waals surface area (Å²) in [6.45, 7) is 2.19. The van der Waals surface area contributed by atoms with E-state index in [4.69, 9.17) is 9.40 Å². The molecule has 3 heterocycles. The summed E-state index contributed by atoms with van der Waals surface area (Å²) in [7, 11) is 0. The van der Waals surface area contributed by atoms with Gasteiger partial charge in [0.2, 0.25) is 0 Å². The van der Waals surface area contributed by atoms with Crippen molar-refractivity contribution in [1.82, 2.24) is 9.55 Å². The molecule has 1 aliphatic heterocycles. The average Bonchev–Trinajstić information content (AvgIpc) is 3.76. The summed E-state index contributed by atoms with van der Waals surface area (Å²) < 4.78 is 8.77.